The van der Waals surface area contributed by atoms with Gasteiger partial charge in [-0.3, -0.25) is 9.36 Å². The maximum Gasteiger partial charge on any atom is 0.302 e. The Balaban J connectivity index is 3.82. The topological polar surface area (TPSA) is 52.6 Å². The molecule has 70 valence electrons. The average molecular weight is 192 g/mol. The molecule has 0 fully saturated rings. The van der Waals surface area contributed by atoms with Crippen molar-refractivity contribution in [2.24, 2.45) is 0 Å². The number of rotatable bonds is 5. The van der Waals surface area contributed by atoms with E-state index in [4.69, 9.17) is 4.52 Å². The van der Waals surface area contributed by atoms with E-state index in [2.05, 4.69) is 11.3 Å². The predicted molar refractivity (Wildman–Crippen MR) is 46.3 cm³/mol. The summed E-state index contributed by atoms with van der Waals surface area (Å²) in [4.78, 5) is 10.3. The van der Waals surface area contributed by atoms with Crippen LogP contribution in [0.5, 0.6) is 0 Å². The third kappa shape index (κ3) is 4.31. The zero-order valence-electron chi connectivity index (χ0n) is 7.28. The Morgan fingerprint density at radius 3 is 2.58 bits per heavy atom. The van der Waals surface area contributed by atoms with E-state index < -0.39 is 7.37 Å². The SMILES string of the molecule is C=CP(=O)(CCOC(C)=O)OC. The van der Waals surface area contributed by atoms with Gasteiger partial charge in [0.2, 0.25) is 7.37 Å². The number of esters is 1. The predicted octanol–water partition coefficient (Wildman–Crippen LogP) is 1.62. The molecule has 0 amide bonds. The lowest BCUT2D eigenvalue weighted by atomic mass is 10.8. The highest BCUT2D eigenvalue weighted by molar-refractivity contribution is 7.62. The van der Waals surface area contributed by atoms with Crippen LogP contribution in [0.15, 0.2) is 12.4 Å². The van der Waals surface area contributed by atoms with Gasteiger partial charge in [0.25, 0.3) is 0 Å². The minimum absolute atomic E-state index is 0.104. The van der Waals surface area contributed by atoms with Gasteiger partial charge in [-0.05, 0) is 5.82 Å². The zero-order valence-corrected chi connectivity index (χ0v) is 8.17. The van der Waals surface area contributed by atoms with Crippen molar-refractivity contribution in [1.82, 2.24) is 0 Å². The Kier molecular flexibility index (Phi) is 4.86. The van der Waals surface area contributed by atoms with E-state index in [9.17, 15) is 9.36 Å². The first-order chi connectivity index (χ1) is 5.54. The largest absolute Gasteiger partial charge is 0.465 e. The van der Waals surface area contributed by atoms with Gasteiger partial charge in [0.1, 0.15) is 6.61 Å². The molecule has 0 aliphatic heterocycles. The van der Waals surface area contributed by atoms with Gasteiger partial charge in [-0.1, -0.05) is 6.58 Å². The molecule has 0 aromatic heterocycles. The van der Waals surface area contributed by atoms with Crippen LogP contribution in [0.3, 0.4) is 0 Å². The molecule has 0 aromatic carbocycles. The van der Waals surface area contributed by atoms with E-state index >= 15 is 0 Å². The summed E-state index contributed by atoms with van der Waals surface area (Å²) in [7, 11) is -1.41. The molecule has 0 rings (SSSR count). The number of hydrogen-bond acceptors (Lipinski definition) is 4. The fourth-order valence-corrected chi connectivity index (χ4v) is 1.43. The van der Waals surface area contributed by atoms with Gasteiger partial charge in [-0.15, -0.1) is 0 Å². The smallest absolute Gasteiger partial charge is 0.302 e. The normalized spacial score (nSPS) is 14.8. The van der Waals surface area contributed by atoms with Crippen LogP contribution in [-0.2, 0) is 18.6 Å². The quantitative estimate of drug-likeness (QED) is 0.490. The van der Waals surface area contributed by atoms with Crippen molar-refractivity contribution in [2.75, 3.05) is 19.9 Å². The second-order valence-electron chi connectivity index (χ2n) is 2.15. The Morgan fingerprint density at radius 1 is 1.67 bits per heavy atom. The van der Waals surface area contributed by atoms with Crippen LogP contribution in [0.1, 0.15) is 6.92 Å². The highest BCUT2D eigenvalue weighted by atomic mass is 31.2. The van der Waals surface area contributed by atoms with Crippen LogP contribution in [0.25, 0.3) is 0 Å². The second-order valence-corrected chi connectivity index (χ2v) is 4.78. The molecule has 0 heterocycles. The zero-order chi connectivity index (χ0) is 9.61. The highest BCUT2D eigenvalue weighted by Gasteiger charge is 2.16. The minimum Gasteiger partial charge on any atom is -0.465 e. The first kappa shape index (κ1) is 11.4. The molecule has 0 bridgehead atoms. The molecule has 0 saturated heterocycles. The summed E-state index contributed by atoms with van der Waals surface area (Å²) in [6, 6.07) is 0. The van der Waals surface area contributed by atoms with E-state index in [1.165, 1.54) is 19.9 Å². The molecular weight excluding hydrogens is 179 g/mol. The number of carbonyl (C=O) groups excluding carboxylic acids is 1. The maximum atomic E-state index is 11.4. The van der Waals surface area contributed by atoms with Crippen LogP contribution in [-0.4, -0.2) is 25.8 Å². The molecule has 0 spiro atoms. The second kappa shape index (κ2) is 5.12. The van der Waals surface area contributed by atoms with Crippen molar-refractivity contribution in [3.63, 3.8) is 0 Å². The molecule has 5 heteroatoms. The number of ether oxygens (including phenoxy) is 1. The summed E-state index contributed by atoms with van der Waals surface area (Å²) in [5.41, 5.74) is 0. The minimum atomic E-state index is -2.75. The van der Waals surface area contributed by atoms with Gasteiger partial charge in [0, 0.05) is 14.0 Å². The lowest BCUT2D eigenvalue weighted by Gasteiger charge is -2.10. The monoisotopic (exact) mass is 192 g/mol. The molecule has 1 atom stereocenters. The van der Waals surface area contributed by atoms with Gasteiger partial charge < -0.3 is 9.26 Å². The standard InChI is InChI=1S/C7H13O4P/c1-4-12(9,10-3)6-5-11-7(2)8/h4H,1,5-6H2,2-3H3. The molecule has 4 nitrogen and oxygen atoms in total. The maximum absolute atomic E-state index is 11.4. The first-order valence-corrected chi connectivity index (χ1v) is 5.33. The van der Waals surface area contributed by atoms with Crippen LogP contribution in [0.2, 0.25) is 0 Å². The summed E-state index contributed by atoms with van der Waals surface area (Å²) >= 11 is 0. The summed E-state index contributed by atoms with van der Waals surface area (Å²) in [6.07, 6.45) is 0.187. The molecule has 12 heavy (non-hydrogen) atoms. The summed E-state index contributed by atoms with van der Waals surface area (Å²) < 4.78 is 20.7. The molecule has 0 saturated carbocycles. The van der Waals surface area contributed by atoms with Crippen molar-refractivity contribution < 1.29 is 18.6 Å². The molecular formula is C7H13O4P. The van der Waals surface area contributed by atoms with E-state index in [-0.39, 0.29) is 18.7 Å². The molecule has 0 N–H and O–H groups in total. The average Bonchev–Trinajstić information content (AvgIpc) is 2.03. The molecule has 0 radical (unpaired) electrons. The van der Waals surface area contributed by atoms with Crippen LogP contribution in [0.4, 0.5) is 0 Å². The lowest BCUT2D eigenvalue weighted by molar-refractivity contribution is -0.140. The fourth-order valence-electron chi connectivity index (χ4n) is 0.574. The van der Waals surface area contributed by atoms with Gasteiger partial charge in [-0.25, -0.2) is 0 Å². The fraction of sp³-hybridized carbons (Fsp3) is 0.571. The van der Waals surface area contributed by atoms with Crippen LogP contribution >= 0.6 is 7.37 Å². The van der Waals surface area contributed by atoms with Crippen molar-refractivity contribution >= 4 is 13.3 Å². The molecule has 0 aliphatic carbocycles. The van der Waals surface area contributed by atoms with Gasteiger partial charge in [0.05, 0.1) is 6.16 Å². The van der Waals surface area contributed by atoms with Crippen molar-refractivity contribution in [3.8, 4) is 0 Å². The van der Waals surface area contributed by atoms with Crippen LogP contribution < -0.4 is 0 Å². The Labute approximate surface area is 72.0 Å². The third-order valence-electron chi connectivity index (χ3n) is 1.30. The first-order valence-electron chi connectivity index (χ1n) is 3.45. The summed E-state index contributed by atoms with van der Waals surface area (Å²) in [6.45, 7) is 4.77. The molecule has 0 aromatic rings. The Hall–Kier alpha value is -0.600. The van der Waals surface area contributed by atoms with E-state index in [1.807, 2.05) is 0 Å². The van der Waals surface area contributed by atoms with Crippen molar-refractivity contribution in [2.45, 2.75) is 6.92 Å². The number of carbonyl (C=O) groups is 1. The Morgan fingerprint density at radius 2 is 2.25 bits per heavy atom. The van der Waals surface area contributed by atoms with Crippen LogP contribution in [0, 0.1) is 0 Å². The van der Waals surface area contributed by atoms with Gasteiger partial charge >= 0.3 is 5.97 Å². The van der Waals surface area contributed by atoms with Crippen molar-refractivity contribution in [1.29, 1.82) is 0 Å². The highest BCUT2D eigenvalue weighted by Crippen LogP contribution is 2.46. The van der Waals surface area contributed by atoms with E-state index in [1.54, 1.807) is 0 Å². The third-order valence-corrected chi connectivity index (χ3v) is 3.28. The van der Waals surface area contributed by atoms with E-state index in [0.717, 1.165) is 0 Å². The van der Waals surface area contributed by atoms with Gasteiger partial charge in [0.15, 0.2) is 0 Å². The summed E-state index contributed by atoms with van der Waals surface area (Å²) in [5, 5.41) is 0. The molecule has 0 aliphatic rings. The Bertz CT molecular complexity index is 211. The molecule has 1 unspecified atom stereocenters. The summed E-state index contributed by atoms with van der Waals surface area (Å²) in [5.74, 6) is 0.873. The number of hydrogen-bond donors (Lipinski definition) is 0. The van der Waals surface area contributed by atoms with Gasteiger partial charge in [-0.2, -0.15) is 0 Å². The lowest BCUT2D eigenvalue weighted by Crippen LogP contribution is -2.05. The van der Waals surface area contributed by atoms with Crippen molar-refractivity contribution in [3.05, 3.63) is 12.4 Å². The van der Waals surface area contributed by atoms with E-state index in [0.29, 0.717) is 0 Å².